The van der Waals surface area contributed by atoms with Gasteiger partial charge in [-0.05, 0) is 24.0 Å². The van der Waals surface area contributed by atoms with Gasteiger partial charge in [0.1, 0.15) is 5.15 Å². The maximum atomic E-state index is 9.04. The Balaban J connectivity index is 3.42. The van der Waals surface area contributed by atoms with Crippen molar-refractivity contribution in [3.63, 3.8) is 0 Å². The summed E-state index contributed by atoms with van der Waals surface area (Å²) in [5.41, 5.74) is -0.848. The van der Waals surface area contributed by atoms with Crippen molar-refractivity contribution in [3.8, 4) is 0 Å². The number of aryl methyl sites for hydroxylation is 1. The van der Waals surface area contributed by atoms with Crippen LogP contribution in [0.1, 0.15) is 28.5 Å². The molecular formula is C8H11BClNO2. The molecule has 0 aliphatic carbocycles. The second-order valence-electron chi connectivity index (χ2n) is 2.23. The Morgan fingerprint density at radius 1 is 1.69 bits per heavy atom. The predicted molar refractivity (Wildman–Crippen MR) is 53.1 cm³/mol. The molecule has 0 radical (unpaired) electrons. The van der Waals surface area contributed by atoms with Gasteiger partial charge in [0, 0.05) is 15.3 Å². The first-order valence-electron chi connectivity index (χ1n) is 6.85. The first-order chi connectivity index (χ1) is 8.80. The minimum atomic E-state index is -3.24. The maximum absolute atomic E-state index is 9.04. The molecule has 1 heterocycles. The monoisotopic (exact) mass is 206 g/mol. The molecule has 0 bridgehead atoms. The average Bonchev–Trinajstić information content (AvgIpc) is 2.26. The molecular weight excluding hydrogens is 188 g/mol. The normalized spacial score (nSPS) is 21.3. The summed E-state index contributed by atoms with van der Waals surface area (Å²) in [5, 5.41) is 17.8. The van der Waals surface area contributed by atoms with Crippen molar-refractivity contribution in [1.29, 1.82) is 0 Å². The fraction of sp³-hybridized carbons (Fsp3) is 0.375. The highest BCUT2D eigenvalue weighted by Crippen LogP contribution is 2.05. The summed E-state index contributed by atoms with van der Waals surface area (Å²) in [6.07, 6.45) is -6.25. The molecule has 1 aromatic rings. The number of pyridine rings is 1. The molecule has 1 aromatic heterocycles. The van der Waals surface area contributed by atoms with E-state index in [2.05, 4.69) is 4.98 Å². The van der Waals surface area contributed by atoms with E-state index in [1.807, 2.05) is 0 Å². The number of aromatic nitrogens is 1. The summed E-state index contributed by atoms with van der Waals surface area (Å²) in [6, 6.07) is 1.91. The Labute approximate surface area is 92.4 Å². The summed E-state index contributed by atoms with van der Waals surface area (Å²) in [5.74, 6) is 0. The summed E-state index contributed by atoms with van der Waals surface area (Å²) in [7, 11) is -1.97. The second-order valence-corrected chi connectivity index (χ2v) is 2.62. The highest BCUT2D eigenvalue weighted by atomic mass is 35.5. The van der Waals surface area contributed by atoms with E-state index in [1.54, 1.807) is 0 Å². The van der Waals surface area contributed by atoms with E-state index in [9.17, 15) is 0 Å². The van der Waals surface area contributed by atoms with Gasteiger partial charge in [-0.3, -0.25) is 0 Å². The Bertz CT molecular complexity index is 508. The molecule has 0 aromatic carbocycles. The molecule has 70 valence electrons. The van der Waals surface area contributed by atoms with Gasteiger partial charge in [0.2, 0.25) is 0 Å². The predicted octanol–water partition coefficient (Wildman–Crippen LogP) is 0.367. The van der Waals surface area contributed by atoms with E-state index in [-0.39, 0.29) is 10.6 Å². The molecule has 0 aliphatic heterocycles. The van der Waals surface area contributed by atoms with Crippen LogP contribution >= 0.6 is 11.6 Å². The van der Waals surface area contributed by atoms with Gasteiger partial charge in [-0.25, -0.2) is 4.98 Å². The molecule has 3 nitrogen and oxygen atoms in total. The summed E-state index contributed by atoms with van der Waals surface area (Å²) in [4.78, 5) is 3.55. The number of nitrogens with zero attached hydrogens (tertiary/aromatic N) is 1. The zero-order valence-corrected chi connectivity index (χ0v) is 7.21. The van der Waals surface area contributed by atoms with Crippen molar-refractivity contribution in [2.75, 3.05) is 0 Å². The van der Waals surface area contributed by atoms with Gasteiger partial charge < -0.3 is 10.0 Å². The molecule has 0 aliphatic rings. The largest absolute Gasteiger partial charge is 0.488 e. The third-order valence-corrected chi connectivity index (χ3v) is 1.50. The smallest absolute Gasteiger partial charge is 0.423 e. The maximum Gasteiger partial charge on any atom is 0.488 e. The Morgan fingerprint density at radius 3 is 3.08 bits per heavy atom. The van der Waals surface area contributed by atoms with Crippen LogP contribution in [0.5, 0.6) is 0 Å². The van der Waals surface area contributed by atoms with E-state index in [1.165, 1.54) is 0 Å². The van der Waals surface area contributed by atoms with Crippen LogP contribution in [0, 0.1) is 0 Å². The van der Waals surface area contributed by atoms with E-state index >= 15 is 0 Å². The molecule has 2 N–H and O–H groups in total. The van der Waals surface area contributed by atoms with Gasteiger partial charge in [-0.1, -0.05) is 24.8 Å². The Morgan fingerprint density at radius 2 is 2.46 bits per heavy atom. The van der Waals surface area contributed by atoms with E-state index < -0.39 is 32.4 Å². The molecule has 0 saturated heterocycles. The Hall–Kier alpha value is -0.575. The molecule has 0 spiro atoms. The summed E-state index contributed by atoms with van der Waals surface area (Å²) < 4.78 is 51.7. The molecule has 0 amide bonds. The first kappa shape index (κ1) is 4.30. The second kappa shape index (κ2) is 4.60. The van der Waals surface area contributed by atoms with E-state index in [0.29, 0.717) is 0 Å². The zero-order chi connectivity index (χ0) is 15.9. The minimum absolute atomic E-state index is 0.217. The average molecular weight is 206 g/mol. The fourth-order valence-corrected chi connectivity index (χ4v) is 1.01. The van der Waals surface area contributed by atoms with Gasteiger partial charge in [-0.15, -0.1) is 0 Å². The number of hydrogen-bond donors (Lipinski definition) is 2. The van der Waals surface area contributed by atoms with Crippen molar-refractivity contribution in [2.45, 2.75) is 19.6 Å². The standard InChI is InChI=1S/C8H11BClNO2/c1-2-3-7-4-6(9(12)13)5-8(10)11-7/h4-5,12-13H,2-3H2,1H3/i1D3,2D2,3D2. The van der Waals surface area contributed by atoms with Crippen LogP contribution in [0.15, 0.2) is 12.1 Å². The zero-order valence-electron chi connectivity index (χ0n) is 13.5. The Kier molecular flexibility index (Phi) is 1.52. The van der Waals surface area contributed by atoms with Crippen molar-refractivity contribution in [2.24, 2.45) is 0 Å². The van der Waals surface area contributed by atoms with Crippen molar-refractivity contribution < 1.29 is 19.6 Å². The molecule has 5 heteroatoms. The molecule has 0 saturated carbocycles. The van der Waals surface area contributed by atoms with Gasteiger partial charge >= 0.3 is 7.12 Å². The number of rotatable bonds is 3. The number of halogens is 1. The van der Waals surface area contributed by atoms with Crippen LogP contribution in [0.3, 0.4) is 0 Å². The first-order valence-corrected chi connectivity index (χ1v) is 3.72. The van der Waals surface area contributed by atoms with Gasteiger partial charge in [0.25, 0.3) is 0 Å². The molecule has 0 atom stereocenters. The lowest BCUT2D eigenvalue weighted by Crippen LogP contribution is -2.30. The van der Waals surface area contributed by atoms with Crippen molar-refractivity contribution >= 4 is 24.2 Å². The van der Waals surface area contributed by atoms with Crippen molar-refractivity contribution in [1.82, 2.24) is 4.98 Å². The summed E-state index contributed by atoms with van der Waals surface area (Å²) >= 11 is 5.60. The highest BCUT2D eigenvalue weighted by Gasteiger charge is 2.12. The lowest BCUT2D eigenvalue weighted by Gasteiger charge is -2.03. The van der Waals surface area contributed by atoms with E-state index in [0.717, 1.165) is 12.1 Å². The van der Waals surface area contributed by atoms with Crippen LogP contribution in [0.25, 0.3) is 0 Å². The lowest BCUT2D eigenvalue weighted by atomic mass is 9.80. The lowest BCUT2D eigenvalue weighted by molar-refractivity contribution is 0.425. The summed E-state index contributed by atoms with van der Waals surface area (Å²) in [6.45, 7) is -3.24. The third-order valence-electron chi connectivity index (χ3n) is 1.31. The van der Waals surface area contributed by atoms with E-state index in [4.69, 9.17) is 31.2 Å². The molecule has 0 unspecified atom stereocenters. The van der Waals surface area contributed by atoms with Crippen LogP contribution in [0.4, 0.5) is 0 Å². The molecule has 13 heavy (non-hydrogen) atoms. The van der Waals surface area contributed by atoms with Gasteiger partial charge in [-0.2, -0.15) is 0 Å². The topological polar surface area (TPSA) is 53.4 Å². The number of hydrogen-bond acceptors (Lipinski definition) is 3. The van der Waals surface area contributed by atoms with Crippen molar-refractivity contribution in [3.05, 3.63) is 23.0 Å². The SMILES string of the molecule is [2H]C([2H])([2H])C([2H])([2H])C([2H])([2H])c1cc(B(O)O)cc(Cl)n1. The van der Waals surface area contributed by atoms with Crippen LogP contribution < -0.4 is 5.46 Å². The van der Waals surface area contributed by atoms with Crippen LogP contribution in [0.2, 0.25) is 5.15 Å². The van der Waals surface area contributed by atoms with Crippen LogP contribution in [-0.2, 0) is 6.37 Å². The van der Waals surface area contributed by atoms with Crippen LogP contribution in [-0.4, -0.2) is 22.2 Å². The highest BCUT2D eigenvalue weighted by molar-refractivity contribution is 6.58. The van der Waals surface area contributed by atoms with Gasteiger partial charge in [0.15, 0.2) is 0 Å². The molecule has 0 fully saturated rings. The quantitative estimate of drug-likeness (QED) is 0.555. The third kappa shape index (κ3) is 2.99. The minimum Gasteiger partial charge on any atom is -0.423 e. The van der Waals surface area contributed by atoms with Gasteiger partial charge in [0.05, 0.1) is 0 Å². The molecule has 1 rings (SSSR count). The fourth-order valence-electron chi connectivity index (χ4n) is 0.794.